The largest absolute Gasteiger partial charge is 0.445 e. The first-order valence-electron chi connectivity index (χ1n) is 7.53. The fourth-order valence-corrected chi connectivity index (χ4v) is 1.68. The van der Waals surface area contributed by atoms with Crippen LogP contribution in [0.15, 0.2) is 30.3 Å². The third-order valence-corrected chi connectivity index (χ3v) is 2.72. The molecule has 6 heteroatoms. The van der Waals surface area contributed by atoms with Gasteiger partial charge in [-0.05, 0) is 40.2 Å². The van der Waals surface area contributed by atoms with Gasteiger partial charge in [-0.2, -0.15) is 0 Å². The summed E-state index contributed by atoms with van der Waals surface area (Å²) >= 11 is 0. The van der Waals surface area contributed by atoms with E-state index in [9.17, 15) is 9.59 Å². The molecule has 0 fully saturated rings. The van der Waals surface area contributed by atoms with Crippen molar-refractivity contribution in [2.45, 2.75) is 52.4 Å². The first kappa shape index (κ1) is 18.8. The van der Waals surface area contributed by atoms with Gasteiger partial charge in [0.25, 0.3) is 0 Å². The second kappa shape index (κ2) is 7.85. The summed E-state index contributed by atoms with van der Waals surface area (Å²) in [5.41, 5.74) is -0.321. The summed E-state index contributed by atoms with van der Waals surface area (Å²) in [7, 11) is 0. The van der Waals surface area contributed by atoms with Gasteiger partial charge in [0.2, 0.25) is 0 Å². The van der Waals surface area contributed by atoms with E-state index in [1.54, 1.807) is 13.8 Å². The van der Waals surface area contributed by atoms with Crippen LogP contribution in [0.3, 0.4) is 0 Å². The van der Waals surface area contributed by atoms with Gasteiger partial charge in [-0.3, -0.25) is 0 Å². The summed E-state index contributed by atoms with van der Waals surface area (Å²) in [6.45, 7) is 9.36. The molecule has 2 N–H and O–H groups in total. The van der Waals surface area contributed by atoms with Gasteiger partial charge < -0.3 is 20.1 Å². The lowest BCUT2D eigenvalue weighted by atomic mass is 10.1. The number of hydrogen-bond donors (Lipinski definition) is 2. The highest BCUT2D eigenvalue weighted by Crippen LogP contribution is 2.10. The van der Waals surface area contributed by atoms with E-state index in [2.05, 4.69) is 10.6 Å². The lowest BCUT2D eigenvalue weighted by molar-refractivity contribution is 0.0332. The van der Waals surface area contributed by atoms with Crippen molar-refractivity contribution in [2.24, 2.45) is 0 Å². The molecule has 0 atom stereocenters. The lowest BCUT2D eigenvalue weighted by Crippen LogP contribution is -2.48. The minimum Gasteiger partial charge on any atom is -0.445 e. The second-order valence-electron chi connectivity index (χ2n) is 6.94. The topological polar surface area (TPSA) is 76.7 Å². The first-order chi connectivity index (χ1) is 10.6. The van der Waals surface area contributed by atoms with Crippen molar-refractivity contribution in [1.29, 1.82) is 0 Å². The van der Waals surface area contributed by atoms with Crippen LogP contribution in [0.25, 0.3) is 0 Å². The number of ether oxygens (including phenoxy) is 2. The van der Waals surface area contributed by atoms with Crippen LogP contribution < -0.4 is 10.6 Å². The fourth-order valence-electron chi connectivity index (χ4n) is 1.68. The van der Waals surface area contributed by atoms with Crippen LogP contribution in [0, 0.1) is 0 Å². The predicted molar refractivity (Wildman–Crippen MR) is 88.1 cm³/mol. The average Bonchev–Trinajstić information content (AvgIpc) is 2.41. The molecule has 1 rings (SSSR count). The number of carbonyl (C=O) groups excluding carboxylic acids is 2. The van der Waals surface area contributed by atoms with Crippen molar-refractivity contribution in [1.82, 2.24) is 10.6 Å². The zero-order valence-corrected chi connectivity index (χ0v) is 14.4. The average molecular weight is 322 g/mol. The minimum absolute atomic E-state index is 0.151. The summed E-state index contributed by atoms with van der Waals surface area (Å²) < 4.78 is 10.4. The molecule has 0 aromatic heterocycles. The van der Waals surface area contributed by atoms with Crippen LogP contribution in [0.4, 0.5) is 9.59 Å². The van der Waals surface area contributed by atoms with E-state index in [4.69, 9.17) is 9.47 Å². The van der Waals surface area contributed by atoms with Crippen molar-refractivity contribution in [2.75, 3.05) is 6.54 Å². The van der Waals surface area contributed by atoms with E-state index in [0.717, 1.165) is 5.56 Å². The van der Waals surface area contributed by atoms with Crippen LogP contribution in [0.1, 0.15) is 40.2 Å². The normalized spacial score (nSPS) is 11.5. The van der Waals surface area contributed by atoms with E-state index in [1.807, 2.05) is 51.1 Å². The number of nitrogens with one attached hydrogen (secondary N) is 2. The predicted octanol–water partition coefficient (Wildman–Crippen LogP) is 3.22. The maximum atomic E-state index is 11.8. The Morgan fingerprint density at radius 3 is 2.17 bits per heavy atom. The third-order valence-electron chi connectivity index (χ3n) is 2.72. The maximum absolute atomic E-state index is 11.8. The highest BCUT2D eigenvalue weighted by molar-refractivity contribution is 5.69. The van der Waals surface area contributed by atoms with Crippen LogP contribution in [-0.4, -0.2) is 29.9 Å². The Balaban J connectivity index is 2.34. The van der Waals surface area contributed by atoms with E-state index in [0.29, 0.717) is 0 Å². The summed E-state index contributed by atoms with van der Waals surface area (Å²) in [4.78, 5) is 23.4. The molecule has 0 saturated carbocycles. The van der Waals surface area contributed by atoms with E-state index in [-0.39, 0.29) is 18.7 Å². The van der Waals surface area contributed by atoms with Gasteiger partial charge >= 0.3 is 12.2 Å². The van der Waals surface area contributed by atoms with Crippen molar-refractivity contribution in [3.63, 3.8) is 0 Å². The standard InChI is InChI=1S/C17H26N2O4/c1-16(2,3)19-15(21)23-17(4,5)12-18-14(20)22-11-13-9-7-6-8-10-13/h6-10H,11-12H2,1-5H3,(H,18,20)(H,19,21). The zero-order valence-electron chi connectivity index (χ0n) is 14.4. The number of hydrogen-bond acceptors (Lipinski definition) is 4. The van der Waals surface area contributed by atoms with Crippen LogP contribution in [-0.2, 0) is 16.1 Å². The number of amides is 2. The van der Waals surface area contributed by atoms with Gasteiger partial charge in [0.05, 0.1) is 6.54 Å². The molecule has 0 aliphatic heterocycles. The molecule has 1 aromatic rings. The Kier molecular flexibility index (Phi) is 6.42. The van der Waals surface area contributed by atoms with E-state index < -0.39 is 17.8 Å². The van der Waals surface area contributed by atoms with E-state index >= 15 is 0 Å². The van der Waals surface area contributed by atoms with Gasteiger partial charge in [0.15, 0.2) is 0 Å². The van der Waals surface area contributed by atoms with Gasteiger partial charge in [-0.25, -0.2) is 9.59 Å². The molecular weight excluding hydrogens is 296 g/mol. The van der Waals surface area contributed by atoms with Gasteiger partial charge in [0.1, 0.15) is 12.2 Å². The van der Waals surface area contributed by atoms with Gasteiger partial charge in [-0.1, -0.05) is 30.3 Å². The summed E-state index contributed by atoms with van der Waals surface area (Å²) in [5.74, 6) is 0. The highest BCUT2D eigenvalue weighted by Gasteiger charge is 2.26. The number of rotatable bonds is 5. The Labute approximate surface area is 137 Å². The molecule has 0 radical (unpaired) electrons. The molecule has 2 amide bonds. The molecule has 0 heterocycles. The van der Waals surface area contributed by atoms with Crippen LogP contribution in [0.5, 0.6) is 0 Å². The van der Waals surface area contributed by atoms with Crippen LogP contribution in [0.2, 0.25) is 0 Å². The van der Waals surface area contributed by atoms with Crippen LogP contribution >= 0.6 is 0 Å². The van der Waals surface area contributed by atoms with Crippen molar-refractivity contribution >= 4 is 12.2 Å². The van der Waals surface area contributed by atoms with E-state index in [1.165, 1.54) is 0 Å². The van der Waals surface area contributed by atoms with Gasteiger partial charge in [-0.15, -0.1) is 0 Å². The lowest BCUT2D eigenvalue weighted by Gasteiger charge is -2.28. The minimum atomic E-state index is -0.846. The first-order valence-corrected chi connectivity index (χ1v) is 7.53. The molecule has 23 heavy (non-hydrogen) atoms. The number of carbonyl (C=O) groups is 2. The molecule has 6 nitrogen and oxygen atoms in total. The number of benzene rings is 1. The molecule has 0 aliphatic rings. The van der Waals surface area contributed by atoms with Crippen molar-refractivity contribution in [3.8, 4) is 0 Å². The quantitative estimate of drug-likeness (QED) is 0.872. The molecule has 1 aromatic carbocycles. The Morgan fingerprint density at radius 1 is 1.00 bits per heavy atom. The highest BCUT2D eigenvalue weighted by atomic mass is 16.6. The summed E-state index contributed by atoms with van der Waals surface area (Å²) in [6, 6.07) is 9.39. The number of alkyl carbamates (subject to hydrolysis) is 2. The molecule has 0 saturated heterocycles. The molecule has 128 valence electrons. The molecule has 0 spiro atoms. The molecule has 0 bridgehead atoms. The maximum Gasteiger partial charge on any atom is 0.408 e. The van der Waals surface area contributed by atoms with Gasteiger partial charge in [0, 0.05) is 5.54 Å². The Morgan fingerprint density at radius 2 is 1.61 bits per heavy atom. The Hall–Kier alpha value is -2.24. The molecule has 0 aliphatic carbocycles. The van der Waals surface area contributed by atoms with Crippen molar-refractivity contribution < 1.29 is 19.1 Å². The summed E-state index contributed by atoms with van der Waals surface area (Å²) in [5, 5.41) is 5.30. The zero-order chi connectivity index (χ0) is 17.5. The monoisotopic (exact) mass is 322 g/mol. The SMILES string of the molecule is CC(C)(C)NC(=O)OC(C)(C)CNC(=O)OCc1ccccc1. The van der Waals surface area contributed by atoms with Crippen molar-refractivity contribution in [3.05, 3.63) is 35.9 Å². The smallest absolute Gasteiger partial charge is 0.408 e. The fraction of sp³-hybridized carbons (Fsp3) is 0.529. The Bertz CT molecular complexity index is 521. The second-order valence-corrected chi connectivity index (χ2v) is 6.94. The summed E-state index contributed by atoms with van der Waals surface area (Å²) in [6.07, 6.45) is -1.08. The third kappa shape index (κ3) is 8.70. The molecule has 0 unspecified atom stereocenters. The molecular formula is C17H26N2O4.